The van der Waals surface area contributed by atoms with Gasteiger partial charge >= 0.3 is 0 Å². The molecule has 0 bridgehead atoms. The third kappa shape index (κ3) is 3.49. The Morgan fingerprint density at radius 2 is 2.40 bits per heavy atom. The predicted molar refractivity (Wildman–Crippen MR) is 84.1 cm³/mol. The van der Waals surface area contributed by atoms with Crippen molar-refractivity contribution in [3.05, 3.63) is 22.3 Å². The summed E-state index contributed by atoms with van der Waals surface area (Å²) in [6, 6.07) is 2.25. The molecule has 6 heteroatoms. The number of nitrogens with zero attached hydrogens (tertiary/aromatic N) is 2. The number of aromatic nitrogens is 1. The van der Waals surface area contributed by atoms with Gasteiger partial charge in [-0.1, -0.05) is 6.92 Å². The van der Waals surface area contributed by atoms with Crippen molar-refractivity contribution in [2.24, 2.45) is 0 Å². The van der Waals surface area contributed by atoms with Crippen molar-refractivity contribution in [1.82, 2.24) is 15.2 Å². The maximum absolute atomic E-state index is 12.3. The van der Waals surface area contributed by atoms with Crippen LogP contribution < -0.4 is 10.6 Å². The van der Waals surface area contributed by atoms with Crippen molar-refractivity contribution >= 4 is 27.7 Å². The van der Waals surface area contributed by atoms with Gasteiger partial charge in [-0.05, 0) is 47.9 Å². The van der Waals surface area contributed by atoms with E-state index in [-0.39, 0.29) is 5.91 Å². The first-order chi connectivity index (χ1) is 9.65. The maximum Gasteiger partial charge on any atom is 0.255 e. The minimum Gasteiger partial charge on any atom is -0.372 e. The van der Waals surface area contributed by atoms with E-state index in [1.807, 2.05) is 0 Å². The average molecular weight is 341 g/mol. The van der Waals surface area contributed by atoms with Gasteiger partial charge in [-0.25, -0.2) is 4.98 Å². The van der Waals surface area contributed by atoms with Crippen LogP contribution in [0.1, 0.15) is 30.1 Å². The van der Waals surface area contributed by atoms with Crippen LogP contribution in [0.5, 0.6) is 0 Å². The predicted octanol–water partition coefficient (Wildman–Crippen LogP) is 2.10. The zero-order valence-corrected chi connectivity index (χ0v) is 13.5. The zero-order valence-electron chi connectivity index (χ0n) is 11.9. The van der Waals surface area contributed by atoms with Crippen molar-refractivity contribution in [2.75, 3.05) is 32.0 Å². The molecule has 20 heavy (non-hydrogen) atoms. The van der Waals surface area contributed by atoms with Gasteiger partial charge in [0.05, 0.1) is 5.56 Å². The van der Waals surface area contributed by atoms with E-state index in [4.69, 9.17) is 0 Å². The van der Waals surface area contributed by atoms with Crippen LogP contribution in [-0.4, -0.2) is 48.5 Å². The first-order valence-corrected chi connectivity index (χ1v) is 7.80. The number of hydrogen-bond acceptors (Lipinski definition) is 4. The van der Waals surface area contributed by atoms with Gasteiger partial charge in [0.2, 0.25) is 0 Å². The highest BCUT2D eigenvalue weighted by atomic mass is 79.9. The minimum atomic E-state index is -0.0777. The summed E-state index contributed by atoms with van der Waals surface area (Å²) in [6.45, 7) is 5.04. The molecule has 2 rings (SSSR count). The highest BCUT2D eigenvalue weighted by Crippen LogP contribution is 2.19. The van der Waals surface area contributed by atoms with Crippen LogP contribution in [0.25, 0.3) is 0 Å². The van der Waals surface area contributed by atoms with E-state index in [1.165, 1.54) is 6.42 Å². The Balaban J connectivity index is 2.00. The van der Waals surface area contributed by atoms with Gasteiger partial charge in [0.25, 0.3) is 5.91 Å². The fourth-order valence-corrected chi connectivity index (χ4v) is 2.99. The van der Waals surface area contributed by atoms with Crippen molar-refractivity contribution < 1.29 is 4.79 Å². The van der Waals surface area contributed by atoms with Crippen LogP contribution in [0.4, 0.5) is 5.82 Å². The molecule has 1 saturated heterocycles. The van der Waals surface area contributed by atoms with Crippen LogP contribution in [-0.2, 0) is 0 Å². The topological polar surface area (TPSA) is 57.3 Å². The molecule has 1 aromatic rings. The summed E-state index contributed by atoms with van der Waals surface area (Å²) in [5, 5.41) is 5.97. The van der Waals surface area contributed by atoms with E-state index in [0.717, 1.165) is 24.0 Å². The van der Waals surface area contributed by atoms with Gasteiger partial charge in [0, 0.05) is 30.3 Å². The molecule has 1 aliphatic heterocycles. The van der Waals surface area contributed by atoms with Crippen molar-refractivity contribution in [3.63, 3.8) is 0 Å². The Morgan fingerprint density at radius 3 is 3.10 bits per heavy atom. The number of pyridine rings is 1. The van der Waals surface area contributed by atoms with E-state index < -0.39 is 0 Å². The molecular weight excluding hydrogens is 320 g/mol. The maximum atomic E-state index is 12.3. The number of likely N-dealkylation sites (N-methyl/N-ethyl adjacent to an activating group) is 1. The highest BCUT2D eigenvalue weighted by molar-refractivity contribution is 9.10. The lowest BCUT2D eigenvalue weighted by molar-refractivity contribution is 0.0942. The number of carbonyl (C=O) groups is 1. The summed E-state index contributed by atoms with van der Waals surface area (Å²) >= 11 is 3.35. The monoisotopic (exact) mass is 340 g/mol. The van der Waals surface area contributed by atoms with Crippen molar-refractivity contribution in [1.29, 1.82) is 0 Å². The van der Waals surface area contributed by atoms with E-state index >= 15 is 0 Å². The van der Waals surface area contributed by atoms with Crippen LogP contribution in [0, 0.1) is 0 Å². The number of hydrogen-bond donors (Lipinski definition) is 2. The molecule has 0 aliphatic carbocycles. The Hall–Kier alpha value is -1.14. The van der Waals surface area contributed by atoms with E-state index in [1.54, 1.807) is 19.3 Å². The summed E-state index contributed by atoms with van der Waals surface area (Å²) in [6.07, 6.45) is 4.05. The van der Waals surface area contributed by atoms with Crippen molar-refractivity contribution in [2.45, 2.75) is 25.8 Å². The molecule has 1 atom stereocenters. The first-order valence-electron chi connectivity index (χ1n) is 7.01. The molecule has 5 nitrogen and oxygen atoms in total. The molecule has 1 aliphatic rings. The average Bonchev–Trinajstić information content (AvgIpc) is 2.92. The number of amides is 1. The lowest BCUT2D eigenvalue weighted by atomic mass is 10.2. The number of rotatable bonds is 5. The highest BCUT2D eigenvalue weighted by Gasteiger charge is 2.23. The van der Waals surface area contributed by atoms with Crippen molar-refractivity contribution in [3.8, 4) is 0 Å². The first kappa shape index (κ1) is 15.3. The molecule has 2 heterocycles. The molecule has 1 amide bonds. The van der Waals surface area contributed by atoms with Gasteiger partial charge < -0.3 is 10.6 Å². The molecule has 1 aromatic heterocycles. The molecule has 0 aromatic carbocycles. The van der Waals surface area contributed by atoms with Gasteiger partial charge in [0.15, 0.2) is 0 Å². The minimum absolute atomic E-state index is 0.0777. The SMILES string of the molecule is CCN1CCCC1CNC(=O)c1cc(Br)cnc1NC. The van der Waals surface area contributed by atoms with Gasteiger partial charge in [-0.3, -0.25) is 9.69 Å². The molecule has 2 N–H and O–H groups in total. The number of carbonyl (C=O) groups excluding carboxylic acids is 1. The Morgan fingerprint density at radius 1 is 1.60 bits per heavy atom. The molecule has 1 unspecified atom stereocenters. The lowest BCUT2D eigenvalue weighted by Crippen LogP contribution is -2.40. The Labute approximate surface area is 128 Å². The lowest BCUT2D eigenvalue weighted by Gasteiger charge is -2.23. The largest absolute Gasteiger partial charge is 0.372 e. The third-order valence-corrected chi connectivity index (χ3v) is 4.17. The smallest absolute Gasteiger partial charge is 0.255 e. The Bertz CT molecular complexity index is 480. The summed E-state index contributed by atoms with van der Waals surface area (Å²) in [5.41, 5.74) is 0.572. The van der Waals surface area contributed by atoms with Gasteiger partial charge in [-0.15, -0.1) is 0 Å². The summed E-state index contributed by atoms with van der Waals surface area (Å²) in [5.74, 6) is 0.524. The molecular formula is C14H21BrN4O. The summed E-state index contributed by atoms with van der Waals surface area (Å²) in [7, 11) is 1.77. The second kappa shape index (κ2) is 7.04. The number of halogens is 1. The van der Waals surface area contributed by atoms with Crippen LogP contribution in [0.2, 0.25) is 0 Å². The number of likely N-dealkylation sites (tertiary alicyclic amines) is 1. The van der Waals surface area contributed by atoms with Gasteiger partial charge in [-0.2, -0.15) is 0 Å². The quantitative estimate of drug-likeness (QED) is 0.861. The Kier molecular flexibility index (Phi) is 5.37. The summed E-state index contributed by atoms with van der Waals surface area (Å²) < 4.78 is 0.803. The van der Waals surface area contributed by atoms with E-state index in [2.05, 4.69) is 43.4 Å². The number of nitrogens with one attached hydrogen (secondary N) is 2. The van der Waals surface area contributed by atoms with E-state index in [0.29, 0.717) is 24.0 Å². The van der Waals surface area contributed by atoms with Gasteiger partial charge in [0.1, 0.15) is 5.82 Å². The number of anilines is 1. The fourth-order valence-electron chi connectivity index (χ4n) is 2.66. The van der Waals surface area contributed by atoms with Crippen LogP contribution >= 0.6 is 15.9 Å². The molecule has 110 valence electrons. The molecule has 0 saturated carbocycles. The second-order valence-electron chi connectivity index (χ2n) is 4.93. The standard InChI is InChI=1S/C14H21BrN4O/c1-3-19-6-4-5-11(19)9-18-14(20)12-7-10(15)8-17-13(12)16-2/h7-8,11H,3-6,9H2,1-2H3,(H,16,17)(H,18,20). The zero-order chi connectivity index (χ0) is 14.5. The molecule has 0 radical (unpaired) electrons. The normalized spacial score (nSPS) is 19.1. The second-order valence-corrected chi connectivity index (χ2v) is 5.85. The third-order valence-electron chi connectivity index (χ3n) is 3.74. The fraction of sp³-hybridized carbons (Fsp3) is 0.571. The van der Waals surface area contributed by atoms with Crippen LogP contribution in [0.3, 0.4) is 0 Å². The summed E-state index contributed by atoms with van der Waals surface area (Å²) in [4.78, 5) is 18.9. The van der Waals surface area contributed by atoms with Crippen LogP contribution in [0.15, 0.2) is 16.7 Å². The molecule has 1 fully saturated rings. The van der Waals surface area contributed by atoms with E-state index in [9.17, 15) is 4.79 Å². The molecule has 0 spiro atoms.